The van der Waals surface area contributed by atoms with E-state index in [9.17, 15) is 9.59 Å². The van der Waals surface area contributed by atoms with Gasteiger partial charge in [0.2, 0.25) is 11.2 Å². The lowest BCUT2D eigenvalue weighted by Crippen LogP contribution is -2.22. The lowest BCUT2D eigenvalue weighted by atomic mass is 10.1. The highest BCUT2D eigenvalue weighted by Crippen LogP contribution is 2.31. The molecule has 0 aliphatic carbocycles. The summed E-state index contributed by atoms with van der Waals surface area (Å²) in [5.41, 5.74) is 2.46. The highest BCUT2D eigenvalue weighted by Gasteiger charge is 2.19. The van der Waals surface area contributed by atoms with Crippen LogP contribution in [0.5, 0.6) is 17.2 Å². The normalized spacial score (nSPS) is 10.7. The highest BCUT2D eigenvalue weighted by molar-refractivity contribution is 5.92. The third kappa shape index (κ3) is 5.13. The van der Waals surface area contributed by atoms with Gasteiger partial charge in [0, 0.05) is 11.3 Å². The molecule has 5 rings (SSSR count). The number of amides is 1. The van der Waals surface area contributed by atoms with Crippen molar-refractivity contribution >= 4 is 22.6 Å². The lowest BCUT2D eigenvalue weighted by molar-refractivity contribution is -0.118. The highest BCUT2D eigenvalue weighted by atomic mass is 16.5. The van der Waals surface area contributed by atoms with E-state index >= 15 is 0 Å². The van der Waals surface area contributed by atoms with Gasteiger partial charge < -0.3 is 19.2 Å². The Bertz CT molecular complexity index is 1560. The van der Waals surface area contributed by atoms with Crippen LogP contribution in [0, 0.1) is 6.92 Å². The largest absolute Gasteiger partial charge is 0.476 e. The zero-order valence-corrected chi connectivity index (χ0v) is 19.6. The quantitative estimate of drug-likeness (QED) is 0.287. The minimum atomic E-state index is -0.408. The zero-order valence-electron chi connectivity index (χ0n) is 19.6. The van der Waals surface area contributed by atoms with Crippen molar-refractivity contribution in [3.63, 3.8) is 0 Å². The van der Waals surface area contributed by atoms with Crippen molar-refractivity contribution in [1.82, 2.24) is 0 Å². The van der Waals surface area contributed by atoms with Gasteiger partial charge in [-0.25, -0.2) is 0 Å². The molecular formula is C30H23NO5. The summed E-state index contributed by atoms with van der Waals surface area (Å²) >= 11 is 0. The van der Waals surface area contributed by atoms with E-state index < -0.39 is 5.91 Å². The molecule has 1 amide bonds. The van der Waals surface area contributed by atoms with Crippen LogP contribution in [0.3, 0.4) is 0 Å². The molecule has 4 aromatic carbocycles. The predicted molar refractivity (Wildman–Crippen MR) is 140 cm³/mol. The summed E-state index contributed by atoms with van der Waals surface area (Å²) in [7, 11) is 0. The fourth-order valence-corrected chi connectivity index (χ4v) is 3.72. The van der Waals surface area contributed by atoms with Crippen LogP contribution in [0.4, 0.5) is 5.69 Å². The molecule has 0 spiro atoms. The molecule has 6 nitrogen and oxygen atoms in total. The molecule has 0 bridgehead atoms. The summed E-state index contributed by atoms with van der Waals surface area (Å²) in [5, 5.41) is 3.16. The van der Waals surface area contributed by atoms with Crippen LogP contribution in [0.25, 0.3) is 22.3 Å². The molecule has 0 aliphatic heterocycles. The number of carbonyl (C=O) groups excluding carboxylic acids is 1. The molecule has 0 saturated carbocycles. The van der Waals surface area contributed by atoms with Crippen LogP contribution in [-0.2, 0) is 4.79 Å². The van der Waals surface area contributed by atoms with Crippen LogP contribution in [0.2, 0.25) is 0 Å². The minimum absolute atomic E-state index is 0.000637. The molecule has 0 atom stereocenters. The van der Waals surface area contributed by atoms with Crippen molar-refractivity contribution in [1.29, 1.82) is 0 Å². The second-order valence-electron chi connectivity index (χ2n) is 8.23. The third-order valence-electron chi connectivity index (χ3n) is 5.53. The second-order valence-corrected chi connectivity index (χ2v) is 8.23. The number of benzene rings is 4. The van der Waals surface area contributed by atoms with E-state index in [1.807, 2.05) is 61.5 Å². The van der Waals surface area contributed by atoms with Gasteiger partial charge in [-0.15, -0.1) is 0 Å². The van der Waals surface area contributed by atoms with Gasteiger partial charge in [-0.3, -0.25) is 9.59 Å². The van der Waals surface area contributed by atoms with Crippen LogP contribution in [0.1, 0.15) is 5.56 Å². The molecular weight excluding hydrogens is 454 g/mol. The Morgan fingerprint density at radius 2 is 1.47 bits per heavy atom. The molecule has 1 N–H and O–H groups in total. The van der Waals surface area contributed by atoms with Crippen molar-refractivity contribution in [2.45, 2.75) is 6.92 Å². The number of hydrogen-bond donors (Lipinski definition) is 1. The van der Waals surface area contributed by atoms with E-state index in [1.165, 1.54) is 0 Å². The molecule has 0 fully saturated rings. The van der Waals surface area contributed by atoms with Gasteiger partial charge in [-0.2, -0.15) is 0 Å². The number of fused-ring (bicyclic) bond motifs is 1. The minimum Gasteiger partial charge on any atom is -0.476 e. The summed E-state index contributed by atoms with van der Waals surface area (Å²) in [6.07, 6.45) is 0. The Hall–Kier alpha value is -4.84. The first kappa shape index (κ1) is 22.9. The number of para-hydroxylation sites is 2. The second kappa shape index (κ2) is 10.2. The molecule has 5 aromatic rings. The lowest BCUT2D eigenvalue weighted by Gasteiger charge is -2.12. The van der Waals surface area contributed by atoms with Gasteiger partial charge in [0.15, 0.2) is 12.4 Å². The van der Waals surface area contributed by atoms with Crippen molar-refractivity contribution in [3.05, 3.63) is 119 Å². The third-order valence-corrected chi connectivity index (χ3v) is 5.53. The average Bonchev–Trinajstić information content (AvgIpc) is 2.90. The van der Waals surface area contributed by atoms with Crippen LogP contribution in [-0.4, -0.2) is 12.5 Å². The Morgan fingerprint density at radius 3 is 2.22 bits per heavy atom. The van der Waals surface area contributed by atoms with Gasteiger partial charge in [-0.1, -0.05) is 60.2 Å². The number of rotatable bonds is 7. The van der Waals surface area contributed by atoms with Gasteiger partial charge in [0.25, 0.3) is 5.91 Å². The van der Waals surface area contributed by atoms with Gasteiger partial charge in [0.05, 0.1) is 5.39 Å². The summed E-state index contributed by atoms with van der Waals surface area (Å²) in [6, 6.07) is 30.9. The monoisotopic (exact) mass is 477 g/mol. The van der Waals surface area contributed by atoms with E-state index in [-0.39, 0.29) is 23.5 Å². The predicted octanol–water partition coefficient (Wildman–Crippen LogP) is 6.58. The van der Waals surface area contributed by atoms with Crippen molar-refractivity contribution in [2.75, 3.05) is 11.9 Å². The SMILES string of the molecule is Cc1ccc(-c2oc3ccccc3c(=O)c2OCC(=O)Nc2ccc(Oc3ccccc3)cc2)cc1. The molecule has 1 heterocycles. The van der Waals surface area contributed by atoms with Crippen molar-refractivity contribution < 1.29 is 18.7 Å². The smallest absolute Gasteiger partial charge is 0.262 e. The van der Waals surface area contributed by atoms with Crippen LogP contribution in [0.15, 0.2) is 112 Å². The topological polar surface area (TPSA) is 77.8 Å². The van der Waals surface area contributed by atoms with E-state index in [1.54, 1.807) is 48.5 Å². The fourth-order valence-electron chi connectivity index (χ4n) is 3.72. The molecule has 0 unspecified atom stereocenters. The Morgan fingerprint density at radius 1 is 0.806 bits per heavy atom. The first-order valence-electron chi connectivity index (χ1n) is 11.5. The number of anilines is 1. The average molecular weight is 478 g/mol. The summed E-state index contributed by atoms with van der Waals surface area (Å²) < 4.78 is 17.6. The van der Waals surface area contributed by atoms with E-state index in [4.69, 9.17) is 13.9 Å². The number of aryl methyl sites for hydroxylation is 1. The number of ether oxygens (including phenoxy) is 2. The van der Waals surface area contributed by atoms with Crippen LogP contribution >= 0.6 is 0 Å². The maximum atomic E-state index is 13.2. The molecule has 0 saturated heterocycles. The Balaban J connectivity index is 1.32. The zero-order chi connectivity index (χ0) is 24.9. The number of carbonyl (C=O) groups is 1. The maximum absolute atomic E-state index is 13.2. The molecule has 1 aromatic heterocycles. The first-order chi connectivity index (χ1) is 17.6. The molecule has 36 heavy (non-hydrogen) atoms. The van der Waals surface area contributed by atoms with Crippen molar-refractivity contribution in [3.8, 4) is 28.6 Å². The first-order valence-corrected chi connectivity index (χ1v) is 11.5. The summed E-state index contributed by atoms with van der Waals surface area (Å²) in [5.74, 6) is 1.25. The fraction of sp³-hybridized carbons (Fsp3) is 0.0667. The summed E-state index contributed by atoms with van der Waals surface area (Å²) in [6.45, 7) is 1.62. The number of nitrogens with one attached hydrogen (secondary N) is 1. The molecule has 0 radical (unpaired) electrons. The molecule has 178 valence electrons. The Kier molecular flexibility index (Phi) is 6.49. The van der Waals surface area contributed by atoms with Gasteiger partial charge in [-0.05, 0) is 55.5 Å². The van der Waals surface area contributed by atoms with Crippen molar-refractivity contribution in [2.24, 2.45) is 0 Å². The molecule has 0 aliphatic rings. The van der Waals surface area contributed by atoms with Crippen LogP contribution < -0.4 is 20.2 Å². The maximum Gasteiger partial charge on any atom is 0.262 e. The Labute approximate surface area is 207 Å². The number of hydrogen-bond acceptors (Lipinski definition) is 5. The molecule has 6 heteroatoms. The van der Waals surface area contributed by atoms with E-state index in [0.717, 1.165) is 11.3 Å². The summed E-state index contributed by atoms with van der Waals surface area (Å²) in [4.78, 5) is 25.8. The van der Waals surface area contributed by atoms with E-state index in [2.05, 4.69) is 5.32 Å². The van der Waals surface area contributed by atoms with E-state index in [0.29, 0.717) is 28.0 Å². The van der Waals surface area contributed by atoms with Gasteiger partial charge in [0.1, 0.15) is 17.1 Å². The standard InChI is InChI=1S/C30H23NO5/c1-20-11-13-21(14-12-20)29-30(28(33)25-9-5-6-10-26(25)36-29)34-19-27(32)31-22-15-17-24(18-16-22)35-23-7-3-2-4-8-23/h2-18H,19H2,1H3,(H,31,32). The van der Waals surface area contributed by atoms with Gasteiger partial charge >= 0.3 is 0 Å².